The van der Waals surface area contributed by atoms with Crippen molar-refractivity contribution in [2.45, 2.75) is 44.7 Å². The van der Waals surface area contributed by atoms with E-state index in [1.165, 1.54) is 0 Å². The molecule has 1 amide bonds. The normalized spacial score (nSPS) is 25.4. The molecule has 1 saturated carbocycles. The van der Waals surface area contributed by atoms with E-state index in [9.17, 15) is 4.79 Å². The summed E-state index contributed by atoms with van der Waals surface area (Å²) in [6.45, 7) is 1.80. The molecule has 88 valence electrons. The van der Waals surface area contributed by atoms with Gasteiger partial charge in [-0.05, 0) is 38.7 Å². The van der Waals surface area contributed by atoms with Crippen molar-refractivity contribution in [3.05, 3.63) is 23.7 Å². The topological polar surface area (TPSA) is 68.3 Å². The average molecular weight is 222 g/mol. The van der Waals surface area contributed by atoms with Gasteiger partial charge in [0.15, 0.2) is 0 Å². The maximum atomic E-state index is 11.9. The summed E-state index contributed by atoms with van der Waals surface area (Å²) in [5, 5.41) is 3.03. The van der Waals surface area contributed by atoms with Crippen LogP contribution in [0, 0.1) is 6.92 Å². The lowest BCUT2D eigenvalue weighted by atomic mass is 9.91. The highest BCUT2D eigenvalue weighted by Gasteiger charge is 2.21. The van der Waals surface area contributed by atoms with Crippen LogP contribution in [0.4, 0.5) is 0 Å². The van der Waals surface area contributed by atoms with E-state index in [4.69, 9.17) is 10.2 Å². The average Bonchev–Trinajstić information content (AvgIpc) is 2.68. The number of carbonyl (C=O) groups excluding carboxylic acids is 1. The van der Waals surface area contributed by atoms with Crippen LogP contribution in [0.5, 0.6) is 0 Å². The summed E-state index contributed by atoms with van der Waals surface area (Å²) in [5.41, 5.74) is 6.45. The van der Waals surface area contributed by atoms with Crippen molar-refractivity contribution in [2.24, 2.45) is 5.73 Å². The van der Waals surface area contributed by atoms with Gasteiger partial charge in [-0.1, -0.05) is 0 Å². The van der Waals surface area contributed by atoms with E-state index in [-0.39, 0.29) is 11.9 Å². The third-order valence-electron chi connectivity index (χ3n) is 3.21. The summed E-state index contributed by atoms with van der Waals surface area (Å²) in [7, 11) is 0. The molecule has 0 spiro atoms. The van der Waals surface area contributed by atoms with Crippen molar-refractivity contribution in [3.63, 3.8) is 0 Å². The Kier molecular flexibility index (Phi) is 3.29. The number of hydrogen-bond donors (Lipinski definition) is 2. The fourth-order valence-corrected chi connectivity index (χ4v) is 2.15. The van der Waals surface area contributed by atoms with E-state index >= 15 is 0 Å². The van der Waals surface area contributed by atoms with Gasteiger partial charge in [-0.3, -0.25) is 4.79 Å². The molecule has 0 saturated heterocycles. The summed E-state index contributed by atoms with van der Waals surface area (Å²) in [6.07, 6.45) is 5.49. The van der Waals surface area contributed by atoms with Gasteiger partial charge >= 0.3 is 0 Å². The molecule has 3 N–H and O–H groups in total. The molecule has 0 radical (unpaired) electrons. The molecular weight excluding hydrogens is 204 g/mol. The van der Waals surface area contributed by atoms with Crippen LogP contribution in [-0.2, 0) is 0 Å². The second-order valence-corrected chi connectivity index (χ2v) is 4.48. The number of nitrogens with two attached hydrogens (primary N) is 1. The first-order valence-corrected chi connectivity index (χ1v) is 5.77. The highest BCUT2D eigenvalue weighted by Crippen LogP contribution is 2.18. The molecule has 1 fully saturated rings. The standard InChI is InChI=1S/C12H18N2O2/c1-8-11(6-7-16-8)12(15)14-10-4-2-9(13)3-5-10/h6-7,9-10H,2-5,13H2,1H3,(H,14,15). The fraction of sp³-hybridized carbons (Fsp3) is 0.583. The Bertz CT molecular complexity index is 365. The molecule has 1 aromatic rings. The maximum Gasteiger partial charge on any atom is 0.255 e. The molecule has 1 aromatic heterocycles. The Morgan fingerprint density at radius 2 is 2.12 bits per heavy atom. The number of amides is 1. The van der Waals surface area contributed by atoms with E-state index in [2.05, 4.69) is 5.32 Å². The Morgan fingerprint density at radius 3 is 2.69 bits per heavy atom. The van der Waals surface area contributed by atoms with Crippen molar-refractivity contribution in [3.8, 4) is 0 Å². The van der Waals surface area contributed by atoms with Crippen LogP contribution < -0.4 is 11.1 Å². The SMILES string of the molecule is Cc1occc1C(=O)NC1CCC(N)CC1. The summed E-state index contributed by atoms with van der Waals surface area (Å²) in [4.78, 5) is 11.9. The molecule has 4 heteroatoms. The van der Waals surface area contributed by atoms with Crippen LogP contribution in [0.3, 0.4) is 0 Å². The Morgan fingerprint density at radius 1 is 1.44 bits per heavy atom. The highest BCUT2D eigenvalue weighted by molar-refractivity contribution is 5.95. The van der Waals surface area contributed by atoms with Gasteiger partial charge in [0, 0.05) is 12.1 Å². The van der Waals surface area contributed by atoms with Crippen molar-refractivity contribution < 1.29 is 9.21 Å². The third kappa shape index (κ3) is 2.44. The minimum Gasteiger partial charge on any atom is -0.469 e. The zero-order valence-corrected chi connectivity index (χ0v) is 9.53. The van der Waals surface area contributed by atoms with Crippen LogP contribution in [0.1, 0.15) is 41.8 Å². The third-order valence-corrected chi connectivity index (χ3v) is 3.21. The molecule has 1 aliphatic rings. The van der Waals surface area contributed by atoms with E-state index in [0.717, 1.165) is 25.7 Å². The van der Waals surface area contributed by atoms with Gasteiger partial charge in [0.1, 0.15) is 5.76 Å². The molecule has 1 aliphatic carbocycles. The number of rotatable bonds is 2. The molecule has 1 heterocycles. The lowest BCUT2D eigenvalue weighted by Gasteiger charge is -2.26. The smallest absolute Gasteiger partial charge is 0.255 e. The second kappa shape index (κ2) is 4.70. The van der Waals surface area contributed by atoms with E-state index in [1.54, 1.807) is 19.3 Å². The fourth-order valence-electron chi connectivity index (χ4n) is 2.15. The molecule has 0 bridgehead atoms. The first kappa shape index (κ1) is 11.2. The van der Waals surface area contributed by atoms with Gasteiger partial charge in [0.2, 0.25) is 0 Å². The van der Waals surface area contributed by atoms with Gasteiger partial charge in [-0.15, -0.1) is 0 Å². The summed E-state index contributed by atoms with van der Waals surface area (Å²) in [5.74, 6) is 0.636. The summed E-state index contributed by atoms with van der Waals surface area (Å²) in [6, 6.07) is 2.28. The van der Waals surface area contributed by atoms with Crippen LogP contribution in [-0.4, -0.2) is 18.0 Å². The van der Waals surface area contributed by atoms with Gasteiger partial charge in [0.25, 0.3) is 5.91 Å². The van der Waals surface area contributed by atoms with E-state index in [1.807, 2.05) is 0 Å². The number of furan rings is 1. The Balaban J connectivity index is 1.91. The minimum absolute atomic E-state index is 0.0354. The predicted octanol–water partition coefficient (Wildman–Crippen LogP) is 1.59. The van der Waals surface area contributed by atoms with Crippen LogP contribution in [0.2, 0.25) is 0 Å². The minimum atomic E-state index is -0.0354. The Hall–Kier alpha value is -1.29. The van der Waals surface area contributed by atoms with Gasteiger partial charge in [-0.2, -0.15) is 0 Å². The molecule has 0 atom stereocenters. The predicted molar refractivity (Wildman–Crippen MR) is 61.1 cm³/mol. The number of hydrogen-bond acceptors (Lipinski definition) is 3. The lowest BCUT2D eigenvalue weighted by molar-refractivity contribution is 0.0924. The van der Waals surface area contributed by atoms with Gasteiger partial charge in [0.05, 0.1) is 11.8 Å². The van der Waals surface area contributed by atoms with Gasteiger partial charge in [-0.25, -0.2) is 0 Å². The van der Waals surface area contributed by atoms with E-state index in [0.29, 0.717) is 17.4 Å². The second-order valence-electron chi connectivity index (χ2n) is 4.48. The zero-order chi connectivity index (χ0) is 11.5. The number of aryl methyl sites for hydroxylation is 1. The van der Waals surface area contributed by atoms with Crippen LogP contribution in [0.25, 0.3) is 0 Å². The first-order valence-electron chi connectivity index (χ1n) is 5.77. The number of carbonyl (C=O) groups is 1. The molecule has 0 aliphatic heterocycles. The lowest BCUT2D eigenvalue weighted by Crippen LogP contribution is -2.40. The number of nitrogens with one attached hydrogen (secondary N) is 1. The molecular formula is C12H18N2O2. The molecule has 4 nitrogen and oxygen atoms in total. The molecule has 0 aromatic carbocycles. The van der Waals surface area contributed by atoms with Crippen molar-refractivity contribution >= 4 is 5.91 Å². The maximum absolute atomic E-state index is 11.9. The summed E-state index contributed by atoms with van der Waals surface area (Å²) >= 11 is 0. The molecule has 16 heavy (non-hydrogen) atoms. The van der Waals surface area contributed by atoms with Crippen LogP contribution in [0.15, 0.2) is 16.7 Å². The largest absolute Gasteiger partial charge is 0.469 e. The van der Waals surface area contributed by atoms with Crippen LogP contribution >= 0.6 is 0 Å². The first-order chi connectivity index (χ1) is 7.66. The quantitative estimate of drug-likeness (QED) is 0.798. The van der Waals surface area contributed by atoms with Crippen molar-refractivity contribution in [2.75, 3.05) is 0 Å². The van der Waals surface area contributed by atoms with Crippen molar-refractivity contribution in [1.82, 2.24) is 5.32 Å². The molecule has 0 unspecified atom stereocenters. The summed E-state index contributed by atoms with van der Waals surface area (Å²) < 4.78 is 5.11. The monoisotopic (exact) mass is 222 g/mol. The van der Waals surface area contributed by atoms with Crippen molar-refractivity contribution in [1.29, 1.82) is 0 Å². The highest BCUT2D eigenvalue weighted by atomic mass is 16.3. The molecule has 2 rings (SSSR count). The van der Waals surface area contributed by atoms with E-state index < -0.39 is 0 Å². The Labute approximate surface area is 95.2 Å². The zero-order valence-electron chi connectivity index (χ0n) is 9.53. The van der Waals surface area contributed by atoms with Gasteiger partial charge < -0.3 is 15.5 Å².